The zero-order valence-corrected chi connectivity index (χ0v) is 19.2. The average Bonchev–Trinajstić information content (AvgIpc) is 3.08. The molecule has 0 aliphatic rings. The van der Waals surface area contributed by atoms with Crippen LogP contribution in [0.4, 0.5) is 4.39 Å². The summed E-state index contributed by atoms with van der Waals surface area (Å²) in [7, 11) is -2.56. The molecule has 3 aromatic carbocycles. The van der Waals surface area contributed by atoms with Crippen molar-refractivity contribution in [2.24, 2.45) is 0 Å². The number of aromatic nitrogens is 1. The maximum Gasteiger partial charge on any atom is 0.325 e. The molecule has 1 aromatic heterocycles. The third-order valence-electron chi connectivity index (χ3n) is 5.88. The third kappa shape index (κ3) is 4.41. The summed E-state index contributed by atoms with van der Waals surface area (Å²) < 4.78 is 48.7. The Bertz CT molecular complexity index is 1400. The molecule has 33 heavy (non-hydrogen) atoms. The molecule has 0 bridgehead atoms. The summed E-state index contributed by atoms with van der Waals surface area (Å²) in [5.41, 5.74) is 2.49. The minimum atomic E-state index is -3.85. The number of fused-ring (bicyclic) bond motifs is 1. The average molecular weight is 466 g/mol. The minimum Gasteiger partial charge on any atom is -0.468 e. The Kier molecular flexibility index (Phi) is 6.33. The fourth-order valence-electron chi connectivity index (χ4n) is 4.25. The van der Waals surface area contributed by atoms with Crippen LogP contribution in [0.2, 0.25) is 0 Å². The lowest BCUT2D eigenvalue weighted by Gasteiger charge is -2.20. The molecule has 0 saturated heterocycles. The van der Waals surface area contributed by atoms with Gasteiger partial charge in [0.2, 0.25) is 0 Å². The van der Waals surface area contributed by atoms with Crippen LogP contribution in [0, 0.1) is 12.7 Å². The Morgan fingerprint density at radius 1 is 1.00 bits per heavy atom. The van der Waals surface area contributed by atoms with Crippen molar-refractivity contribution >= 4 is 26.7 Å². The van der Waals surface area contributed by atoms with Gasteiger partial charge in [-0.3, -0.25) is 4.79 Å². The smallest absolute Gasteiger partial charge is 0.325 e. The van der Waals surface area contributed by atoms with Gasteiger partial charge in [-0.05, 0) is 54.8 Å². The molecule has 0 aliphatic carbocycles. The summed E-state index contributed by atoms with van der Waals surface area (Å²) in [6.07, 6.45) is 0.201. The first-order valence-corrected chi connectivity index (χ1v) is 12.1. The maximum absolute atomic E-state index is 14.3. The predicted octanol–water partition coefficient (Wildman–Crippen LogP) is 5.02. The van der Waals surface area contributed by atoms with Crippen LogP contribution in [0.25, 0.3) is 10.9 Å². The standard InChI is InChI=1S/C26H24FNO4S/c1-18-26(22-16-20(27)13-14-23(22)28(18)17-25(29)32-2)24(15-19-9-5-3-6-10-19)33(30,31)21-11-7-4-8-12-21/h3-14,16,24H,15,17H2,1-2H3. The summed E-state index contributed by atoms with van der Waals surface area (Å²) in [5.74, 6) is -0.953. The number of esters is 1. The van der Waals surface area contributed by atoms with E-state index in [0.29, 0.717) is 22.2 Å². The van der Waals surface area contributed by atoms with Gasteiger partial charge in [-0.1, -0.05) is 48.5 Å². The van der Waals surface area contributed by atoms with Crippen LogP contribution in [-0.2, 0) is 32.3 Å². The topological polar surface area (TPSA) is 65.4 Å². The van der Waals surface area contributed by atoms with Crippen LogP contribution >= 0.6 is 0 Å². The second-order valence-electron chi connectivity index (χ2n) is 7.86. The molecule has 0 spiro atoms. The van der Waals surface area contributed by atoms with E-state index < -0.39 is 26.9 Å². The fraction of sp³-hybridized carbons (Fsp3) is 0.192. The molecule has 0 aliphatic heterocycles. The number of rotatable bonds is 7. The van der Waals surface area contributed by atoms with Gasteiger partial charge in [0.1, 0.15) is 12.4 Å². The summed E-state index contributed by atoms with van der Waals surface area (Å²) in [4.78, 5) is 12.3. The molecule has 7 heteroatoms. The molecular formula is C26H24FNO4S. The second kappa shape index (κ2) is 9.19. The Morgan fingerprint density at radius 2 is 1.64 bits per heavy atom. The van der Waals surface area contributed by atoms with E-state index in [-0.39, 0.29) is 17.9 Å². The summed E-state index contributed by atoms with van der Waals surface area (Å²) in [6, 6.07) is 21.8. The maximum atomic E-state index is 14.3. The van der Waals surface area contributed by atoms with Crippen LogP contribution in [0.5, 0.6) is 0 Å². The van der Waals surface area contributed by atoms with Crippen LogP contribution in [-0.4, -0.2) is 26.1 Å². The number of methoxy groups -OCH3 is 1. The summed E-state index contributed by atoms with van der Waals surface area (Å²) in [5, 5.41) is -0.512. The van der Waals surface area contributed by atoms with Gasteiger partial charge < -0.3 is 9.30 Å². The van der Waals surface area contributed by atoms with Gasteiger partial charge in [-0.25, -0.2) is 12.8 Å². The highest BCUT2D eigenvalue weighted by Crippen LogP contribution is 2.40. The van der Waals surface area contributed by atoms with Crippen molar-refractivity contribution in [1.82, 2.24) is 4.57 Å². The van der Waals surface area contributed by atoms with Gasteiger partial charge in [0.15, 0.2) is 9.84 Å². The van der Waals surface area contributed by atoms with Gasteiger partial charge in [-0.15, -0.1) is 0 Å². The second-order valence-corrected chi connectivity index (χ2v) is 9.99. The number of benzene rings is 3. The van der Waals surface area contributed by atoms with Gasteiger partial charge in [0.05, 0.1) is 17.3 Å². The van der Waals surface area contributed by atoms with Gasteiger partial charge in [0.25, 0.3) is 0 Å². The Labute approximate surface area is 192 Å². The van der Waals surface area contributed by atoms with Gasteiger partial charge in [0, 0.05) is 16.6 Å². The monoisotopic (exact) mass is 465 g/mol. The zero-order chi connectivity index (χ0) is 23.6. The molecule has 4 aromatic rings. The first kappa shape index (κ1) is 22.7. The number of hydrogen-bond donors (Lipinski definition) is 0. The Morgan fingerprint density at radius 3 is 2.27 bits per heavy atom. The van der Waals surface area contributed by atoms with Crippen molar-refractivity contribution in [3.8, 4) is 0 Å². The minimum absolute atomic E-state index is 0.103. The van der Waals surface area contributed by atoms with Crippen molar-refractivity contribution in [2.75, 3.05) is 7.11 Å². The molecule has 0 fully saturated rings. The molecule has 0 saturated carbocycles. The van der Waals surface area contributed by atoms with E-state index in [1.807, 2.05) is 30.3 Å². The van der Waals surface area contributed by atoms with E-state index in [4.69, 9.17) is 4.74 Å². The van der Waals surface area contributed by atoms with E-state index in [9.17, 15) is 17.6 Å². The van der Waals surface area contributed by atoms with E-state index >= 15 is 0 Å². The number of halogens is 1. The largest absolute Gasteiger partial charge is 0.468 e. The summed E-state index contributed by atoms with van der Waals surface area (Å²) >= 11 is 0. The number of hydrogen-bond acceptors (Lipinski definition) is 4. The van der Waals surface area contributed by atoms with E-state index in [0.717, 1.165) is 5.56 Å². The number of sulfone groups is 1. The van der Waals surface area contributed by atoms with Crippen LogP contribution in [0.15, 0.2) is 83.8 Å². The van der Waals surface area contributed by atoms with E-state index in [2.05, 4.69) is 0 Å². The molecule has 1 unspecified atom stereocenters. The zero-order valence-electron chi connectivity index (χ0n) is 18.4. The molecule has 5 nitrogen and oxygen atoms in total. The fourth-order valence-corrected chi connectivity index (χ4v) is 6.14. The first-order chi connectivity index (χ1) is 15.8. The van der Waals surface area contributed by atoms with Crippen LogP contribution < -0.4 is 0 Å². The highest BCUT2D eigenvalue weighted by atomic mass is 32.2. The molecule has 1 heterocycles. The molecule has 0 amide bonds. The normalized spacial score (nSPS) is 12.6. The van der Waals surface area contributed by atoms with Crippen LogP contribution in [0.3, 0.4) is 0 Å². The van der Waals surface area contributed by atoms with Gasteiger partial charge >= 0.3 is 5.97 Å². The highest BCUT2D eigenvalue weighted by molar-refractivity contribution is 7.91. The van der Waals surface area contributed by atoms with Gasteiger partial charge in [-0.2, -0.15) is 0 Å². The van der Waals surface area contributed by atoms with Crippen LogP contribution in [0.1, 0.15) is 22.1 Å². The molecular weight excluding hydrogens is 441 g/mol. The lowest BCUT2D eigenvalue weighted by Crippen LogP contribution is -2.18. The first-order valence-electron chi connectivity index (χ1n) is 10.5. The highest BCUT2D eigenvalue weighted by Gasteiger charge is 2.34. The predicted molar refractivity (Wildman–Crippen MR) is 125 cm³/mol. The molecule has 1 atom stereocenters. The Hall–Kier alpha value is -3.45. The number of carbonyl (C=O) groups is 1. The number of ether oxygens (including phenoxy) is 1. The molecule has 0 N–H and O–H groups in total. The van der Waals surface area contributed by atoms with Crippen molar-refractivity contribution in [3.63, 3.8) is 0 Å². The van der Waals surface area contributed by atoms with Crippen molar-refractivity contribution in [2.45, 2.75) is 30.0 Å². The SMILES string of the molecule is COC(=O)Cn1c(C)c(C(Cc2ccccc2)S(=O)(=O)c2ccccc2)c2cc(F)ccc21. The van der Waals surface area contributed by atoms with E-state index in [1.165, 1.54) is 19.2 Å². The van der Waals surface area contributed by atoms with Crippen molar-refractivity contribution in [1.29, 1.82) is 0 Å². The lowest BCUT2D eigenvalue weighted by atomic mass is 10.0. The van der Waals surface area contributed by atoms with Crippen molar-refractivity contribution in [3.05, 3.63) is 102 Å². The third-order valence-corrected chi connectivity index (χ3v) is 7.96. The lowest BCUT2D eigenvalue weighted by molar-refractivity contribution is -0.141. The Balaban J connectivity index is 1.99. The van der Waals surface area contributed by atoms with Crippen molar-refractivity contribution < 1.29 is 22.3 Å². The number of carbonyl (C=O) groups excluding carboxylic acids is 1. The quantitative estimate of drug-likeness (QED) is 0.360. The van der Waals surface area contributed by atoms with E-state index in [1.54, 1.807) is 47.9 Å². The molecule has 170 valence electrons. The summed E-state index contributed by atoms with van der Waals surface area (Å²) in [6.45, 7) is 1.66. The number of nitrogens with zero attached hydrogens (tertiary/aromatic N) is 1. The molecule has 4 rings (SSSR count). The molecule has 0 radical (unpaired) electrons.